The Morgan fingerprint density at radius 2 is 2.42 bits per heavy atom. The molecular weight excluding hydrogens is 150 g/mol. The predicted molar refractivity (Wildman–Crippen MR) is 49.6 cm³/mol. The van der Waals surface area contributed by atoms with E-state index in [1.165, 1.54) is 7.11 Å². The normalized spacial score (nSPS) is 15.2. The second-order valence-corrected chi connectivity index (χ2v) is 2.62. The number of rotatable bonds is 1. The lowest BCUT2D eigenvalue weighted by molar-refractivity contribution is 0.415. The molecule has 1 N–H and O–H groups in total. The van der Waals surface area contributed by atoms with Crippen molar-refractivity contribution in [3.05, 3.63) is 30.0 Å². The van der Waals surface area contributed by atoms with Crippen LogP contribution in [0.5, 0.6) is 5.75 Å². The molecule has 2 nitrogen and oxygen atoms in total. The van der Waals surface area contributed by atoms with E-state index >= 15 is 0 Å². The molecule has 0 fully saturated rings. The highest BCUT2D eigenvalue weighted by Gasteiger charge is 2.00. The number of H-pyrrole nitrogens is 1. The van der Waals surface area contributed by atoms with E-state index in [2.05, 4.69) is 4.98 Å². The number of hydrogen-bond acceptors (Lipinski definition) is 1. The van der Waals surface area contributed by atoms with Crippen molar-refractivity contribution < 1.29 is 8.85 Å². The van der Waals surface area contributed by atoms with E-state index in [-0.39, 0.29) is 0 Å². The summed E-state index contributed by atoms with van der Waals surface area (Å²) in [6.07, 6.45) is 1.72. The van der Waals surface area contributed by atoms with Crippen LogP contribution in [0.25, 0.3) is 10.9 Å². The SMILES string of the molecule is [2H]C([2H])([2H])c1cc(OC)cc2cc[nH]c12. The maximum atomic E-state index is 7.42. The van der Waals surface area contributed by atoms with E-state index in [0.717, 1.165) is 5.39 Å². The topological polar surface area (TPSA) is 25.0 Å². The second kappa shape index (κ2) is 2.55. The standard InChI is InChI=1S/C10H11NO/c1-7-5-9(12-2)6-8-3-4-11-10(7)8/h3-6,11H,1-2H3/i1D3. The summed E-state index contributed by atoms with van der Waals surface area (Å²) in [5, 5.41) is 0.848. The average Bonchev–Trinajstić information content (AvgIpc) is 2.61. The predicted octanol–water partition coefficient (Wildman–Crippen LogP) is 2.48. The largest absolute Gasteiger partial charge is 0.497 e. The van der Waals surface area contributed by atoms with Gasteiger partial charge in [-0.05, 0) is 30.6 Å². The molecule has 62 valence electrons. The van der Waals surface area contributed by atoms with Gasteiger partial charge in [0.1, 0.15) is 5.75 Å². The highest BCUT2D eigenvalue weighted by Crippen LogP contribution is 2.23. The van der Waals surface area contributed by atoms with Crippen molar-refractivity contribution in [1.82, 2.24) is 4.98 Å². The van der Waals surface area contributed by atoms with Gasteiger partial charge in [-0.3, -0.25) is 0 Å². The highest BCUT2D eigenvalue weighted by atomic mass is 16.5. The maximum absolute atomic E-state index is 7.42. The summed E-state index contributed by atoms with van der Waals surface area (Å²) >= 11 is 0. The number of fused-ring (bicyclic) bond motifs is 1. The Kier molecular flexibility index (Phi) is 0.969. The van der Waals surface area contributed by atoms with Crippen molar-refractivity contribution in [2.45, 2.75) is 6.85 Å². The van der Waals surface area contributed by atoms with Gasteiger partial charge in [0.15, 0.2) is 0 Å². The van der Waals surface area contributed by atoms with Crippen LogP contribution in [0.2, 0.25) is 0 Å². The van der Waals surface area contributed by atoms with Gasteiger partial charge < -0.3 is 9.72 Å². The van der Waals surface area contributed by atoms with Crippen molar-refractivity contribution >= 4 is 10.9 Å². The molecule has 0 amide bonds. The van der Waals surface area contributed by atoms with Gasteiger partial charge in [0, 0.05) is 21.2 Å². The summed E-state index contributed by atoms with van der Waals surface area (Å²) in [7, 11) is 1.52. The Morgan fingerprint density at radius 1 is 1.50 bits per heavy atom. The molecule has 2 aromatic rings. The number of ether oxygens (including phenoxy) is 1. The average molecular weight is 164 g/mol. The molecule has 0 spiro atoms. The fourth-order valence-corrected chi connectivity index (χ4v) is 1.26. The summed E-state index contributed by atoms with van der Waals surface area (Å²) < 4.78 is 27.3. The summed E-state index contributed by atoms with van der Waals surface area (Å²) in [5.74, 6) is 0.563. The molecule has 0 radical (unpaired) electrons. The van der Waals surface area contributed by atoms with Crippen molar-refractivity contribution in [1.29, 1.82) is 0 Å². The summed E-state index contributed by atoms with van der Waals surface area (Å²) in [6.45, 7) is -2.13. The molecule has 0 aliphatic rings. The Hall–Kier alpha value is -1.44. The van der Waals surface area contributed by atoms with Crippen LogP contribution in [-0.2, 0) is 0 Å². The molecule has 2 rings (SSSR count). The first-order valence-electron chi connectivity index (χ1n) is 5.18. The van der Waals surface area contributed by atoms with E-state index in [9.17, 15) is 0 Å². The lowest BCUT2D eigenvalue weighted by Gasteiger charge is -2.01. The Bertz CT molecular complexity index is 487. The molecule has 12 heavy (non-hydrogen) atoms. The van der Waals surface area contributed by atoms with Gasteiger partial charge in [0.2, 0.25) is 0 Å². The highest BCUT2D eigenvalue weighted by molar-refractivity contribution is 5.83. The van der Waals surface area contributed by atoms with E-state index < -0.39 is 6.85 Å². The number of aryl methyl sites for hydroxylation is 1. The van der Waals surface area contributed by atoms with Crippen LogP contribution in [0, 0.1) is 6.85 Å². The van der Waals surface area contributed by atoms with E-state index in [0.29, 0.717) is 16.8 Å². The molecule has 0 saturated heterocycles. The Morgan fingerprint density at radius 3 is 3.17 bits per heavy atom. The first-order chi connectivity index (χ1) is 7.02. The van der Waals surface area contributed by atoms with Crippen LogP contribution >= 0.6 is 0 Å². The van der Waals surface area contributed by atoms with E-state index in [4.69, 9.17) is 8.85 Å². The van der Waals surface area contributed by atoms with Gasteiger partial charge in [0.25, 0.3) is 0 Å². The quantitative estimate of drug-likeness (QED) is 0.688. The molecular formula is C10H11NO. The van der Waals surface area contributed by atoms with Crippen molar-refractivity contribution in [3.8, 4) is 5.75 Å². The molecule has 0 aliphatic carbocycles. The minimum absolute atomic E-state index is 0.293. The van der Waals surface area contributed by atoms with Gasteiger partial charge in [0.05, 0.1) is 7.11 Å². The summed E-state index contributed by atoms with van der Waals surface area (Å²) in [6, 6.07) is 5.18. The molecule has 0 aliphatic heterocycles. The second-order valence-electron chi connectivity index (χ2n) is 2.62. The zero-order chi connectivity index (χ0) is 11.1. The number of nitrogens with one attached hydrogen (secondary N) is 1. The number of benzene rings is 1. The van der Waals surface area contributed by atoms with Crippen molar-refractivity contribution in [2.75, 3.05) is 7.11 Å². The lowest BCUT2D eigenvalue weighted by Crippen LogP contribution is -1.84. The molecule has 1 heterocycles. The number of aromatic nitrogens is 1. The molecule has 0 bridgehead atoms. The maximum Gasteiger partial charge on any atom is 0.119 e. The Labute approximate surface area is 75.4 Å². The monoisotopic (exact) mass is 164 g/mol. The molecule has 2 heteroatoms. The van der Waals surface area contributed by atoms with Crippen LogP contribution in [0.15, 0.2) is 24.4 Å². The van der Waals surface area contributed by atoms with Crippen LogP contribution in [-0.4, -0.2) is 12.1 Å². The smallest absolute Gasteiger partial charge is 0.119 e. The fourth-order valence-electron chi connectivity index (χ4n) is 1.26. The third-order valence-corrected chi connectivity index (χ3v) is 1.87. The molecule has 0 saturated carbocycles. The van der Waals surface area contributed by atoms with Crippen LogP contribution < -0.4 is 4.74 Å². The molecule has 1 aromatic carbocycles. The zero-order valence-corrected chi connectivity index (χ0v) is 6.72. The summed E-state index contributed by atoms with van der Waals surface area (Å²) in [4.78, 5) is 2.93. The fraction of sp³-hybridized carbons (Fsp3) is 0.200. The van der Waals surface area contributed by atoms with Crippen molar-refractivity contribution in [3.63, 3.8) is 0 Å². The zero-order valence-electron chi connectivity index (χ0n) is 9.72. The number of aromatic amines is 1. The first kappa shape index (κ1) is 4.55. The molecule has 0 unspecified atom stereocenters. The van der Waals surface area contributed by atoms with Crippen LogP contribution in [0.4, 0.5) is 0 Å². The van der Waals surface area contributed by atoms with Gasteiger partial charge in [-0.1, -0.05) is 0 Å². The third kappa shape index (κ3) is 0.961. The Balaban J connectivity index is 2.74. The minimum atomic E-state index is -2.13. The summed E-state index contributed by atoms with van der Waals surface area (Å²) in [5.41, 5.74) is 0.942. The van der Waals surface area contributed by atoms with Gasteiger partial charge in [-0.2, -0.15) is 0 Å². The molecule has 1 aromatic heterocycles. The first-order valence-corrected chi connectivity index (χ1v) is 3.68. The van der Waals surface area contributed by atoms with Gasteiger partial charge in [-0.15, -0.1) is 0 Å². The van der Waals surface area contributed by atoms with E-state index in [1.54, 1.807) is 18.3 Å². The minimum Gasteiger partial charge on any atom is -0.497 e. The molecule has 0 atom stereocenters. The van der Waals surface area contributed by atoms with Gasteiger partial charge >= 0.3 is 0 Å². The van der Waals surface area contributed by atoms with Crippen LogP contribution in [0.1, 0.15) is 9.68 Å². The van der Waals surface area contributed by atoms with Crippen molar-refractivity contribution in [2.24, 2.45) is 0 Å². The van der Waals surface area contributed by atoms with Gasteiger partial charge in [-0.25, -0.2) is 0 Å². The third-order valence-electron chi connectivity index (χ3n) is 1.87. The number of hydrogen-bond donors (Lipinski definition) is 1. The van der Waals surface area contributed by atoms with E-state index in [1.807, 2.05) is 6.07 Å². The lowest BCUT2D eigenvalue weighted by atomic mass is 10.1. The number of methoxy groups -OCH3 is 1. The van der Waals surface area contributed by atoms with Crippen LogP contribution in [0.3, 0.4) is 0 Å².